The van der Waals surface area contributed by atoms with Crippen LogP contribution in [0.1, 0.15) is 24.6 Å². The number of aromatic amines is 1. The molecule has 1 saturated heterocycles. The molecule has 0 radical (unpaired) electrons. The van der Waals surface area contributed by atoms with E-state index in [2.05, 4.69) is 21.8 Å². The molecule has 0 unspecified atom stereocenters. The largest absolute Gasteiger partial charge is 0.378 e. The Balaban J connectivity index is 2.27. The minimum absolute atomic E-state index is 0.000779. The summed E-state index contributed by atoms with van der Waals surface area (Å²) in [6, 6.07) is 0. The Kier molecular flexibility index (Phi) is 3.78. The third-order valence-electron chi connectivity index (χ3n) is 3.02. The van der Waals surface area contributed by atoms with Gasteiger partial charge in [-0.05, 0) is 13.3 Å². The third kappa shape index (κ3) is 2.66. The van der Waals surface area contributed by atoms with Crippen molar-refractivity contribution in [3.05, 3.63) is 21.6 Å². The Hall–Kier alpha value is -1.36. The second-order valence-electron chi connectivity index (χ2n) is 4.30. The van der Waals surface area contributed by atoms with E-state index in [0.717, 1.165) is 37.2 Å². The number of morpholine rings is 1. The summed E-state index contributed by atoms with van der Waals surface area (Å²) in [5.74, 6) is 0.677. The summed E-state index contributed by atoms with van der Waals surface area (Å²) < 4.78 is 5.28. The molecule has 1 aromatic heterocycles. The maximum absolute atomic E-state index is 11.9. The van der Waals surface area contributed by atoms with Crippen molar-refractivity contribution in [1.29, 1.82) is 0 Å². The van der Waals surface area contributed by atoms with E-state index in [4.69, 9.17) is 4.74 Å². The van der Waals surface area contributed by atoms with Gasteiger partial charge in [-0.3, -0.25) is 9.78 Å². The lowest BCUT2D eigenvalue weighted by atomic mass is 10.1. The fourth-order valence-electron chi connectivity index (χ4n) is 2.06. The number of nitrogens with zero attached hydrogens (tertiary/aromatic N) is 2. The van der Waals surface area contributed by atoms with Gasteiger partial charge in [-0.1, -0.05) is 13.3 Å². The molecule has 0 spiro atoms. The predicted octanol–water partition coefficient (Wildman–Crippen LogP) is 0.867. The normalized spacial score (nSPS) is 16.2. The van der Waals surface area contributed by atoms with Gasteiger partial charge in [0.05, 0.1) is 13.2 Å². The number of nitrogens with one attached hydrogen (secondary N) is 1. The summed E-state index contributed by atoms with van der Waals surface area (Å²) >= 11 is 0. The topological polar surface area (TPSA) is 58.2 Å². The summed E-state index contributed by atoms with van der Waals surface area (Å²) in [5, 5.41) is 0. The summed E-state index contributed by atoms with van der Waals surface area (Å²) in [5.41, 5.74) is 1.66. The number of H-pyrrole nitrogens is 1. The fraction of sp³-hybridized carbons (Fsp3) is 0.667. The first-order valence-corrected chi connectivity index (χ1v) is 6.15. The van der Waals surface area contributed by atoms with E-state index in [0.29, 0.717) is 19.2 Å². The van der Waals surface area contributed by atoms with Gasteiger partial charge in [-0.25, -0.2) is 4.98 Å². The van der Waals surface area contributed by atoms with E-state index in [-0.39, 0.29) is 5.56 Å². The van der Waals surface area contributed by atoms with Crippen LogP contribution in [0.2, 0.25) is 0 Å². The van der Waals surface area contributed by atoms with Crippen molar-refractivity contribution in [1.82, 2.24) is 9.97 Å². The molecule has 0 amide bonds. The van der Waals surface area contributed by atoms with Crippen LogP contribution in [0.3, 0.4) is 0 Å². The zero-order valence-electron chi connectivity index (χ0n) is 10.5. The Labute approximate surface area is 101 Å². The molecule has 1 aromatic rings. The number of anilines is 1. The SMILES string of the molecule is CCCc1c(C)nc(N2CCOCC2)[nH]c1=O. The van der Waals surface area contributed by atoms with Crippen LogP contribution < -0.4 is 10.5 Å². The Morgan fingerprint density at radius 3 is 2.71 bits per heavy atom. The third-order valence-corrected chi connectivity index (χ3v) is 3.02. The van der Waals surface area contributed by atoms with E-state index >= 15 is 0 Å². The smallest absolute Gasteiger partial charge is 0.255 e. The molecule has 0 aliphatic carbocycles. The summed E-state index contributed by atoms with van der Waals surface area (Å²) in [6.07, 6.45) is 1.75. The Morgan fingerprint density at radius 1 is 1.41 bits per heavy atom. The van der Waals surface area contributed by atoms with Crippen molar-refractivity contribution in [3.8, 4) is 0 Å². The molecule has 0 aromatic carbocycles. The van der Waals surface area contributed by atoms with Crippen LogP contribution in [0.4, 0.5) is 5.95 Å². The van der Waals surface area contributed by atoms with Gasteiger partial charge >= 0.3 is 0 Å². The number of rotatable bonds is 3. The zero-order chi connectivity index (χ0) is 12.3. The monoisotopic (exact) mass is 237 g/mol. The second kappa shape index (κ2) is 5.31. The fourth-order valence-corrected chi connectivity index (χ4v) is 2.06. The Bertz CT molecular complexity index is 436. The van der Waals surface area contributed by atoms with Crippen LogP contribution in [0.5, 0.6) is 0 Å². The van der Waals surface area contributed by atoms with Gasteiger partial charge in [-0.15, -0.1) is 0 Å². The number of hydrogen-bond acceptors (Lipinski definition) is 4. The van der Waals surface area contributed by atoms with Gasteiger partial charge < -0.3 is 9.64 Å². The minimum Gasteiger partial charge on any atom is -0.378 e. The summed E-state index contributed by atoms with van der Waals surface area (Å²) in [4.78, 5) is 21.4. The van der Waals surface area contributed by atoms with E-state index in [1.54, 1.807) is 0 Å². The van der Waals surface area contributed by atoms with Gasteiger partial charge in [0.25, 0.3) is 5.56 Å². The molecule has 1 aliphatic heterocycles. The van der Waals surface area contributed by atoms with Crippen molar-refractivity contribution in [2.75, 3.05) is 31.2 Å². The lowest BCUT2D eigenvalue weighted by molar-refractivity contribution is 0.122. The first kappa shape index (κ1) is 12.1. The highest BCUT2D eigenvalue weighted by Gasteiger charge is 2.15. The minimum atomic E-state index is 0.000779. The lowest BCUT2D eigenvalue weighted by Crippen LogP contribution is -2.38. The maximum Gasteiger partial charge on any atom is 0.255 e. The molecule has 0 saturated carbocycles. The van der Waals surface area contributed by atoms with Crippen molar-refractivity contribution in [3.63, 3.8) is 0 Å². The van der Waals surface area contributed by atoms with Crippen LogP contribution >= 0.6 is 0 Å². The highest BCUT2D eigenvalue weighted by atomic mass is 16.5. The molecule has 17 heavy (non-hydrogen) atoms. The Morgan fingerprint density at radius 2 is 2.12 bits per heavy atom. The predicted molar refractivity (Wildman–Crippen MR) is 66.6 cm³/mol. The molecule has 2 rings (SSSR count). The van der Waals surface area contributed by atoms with Gasteiger partial charge in [0, 0.05) is 24.3 Å². The van der Waals surface area contributed by atoms with Crippen LogP contribution in [0.15, 0.2) is 4.79 Å². The highest BCUT2D eigenvalue weighted by Crippen LogP contribution is 2.10. The van der Waals surface area contributed by atoms with Crippen molar-refractivity contribution in [2.45, 2.75) is 26.7 Å². The van der Waals surface area contributed by atoms with Crippen molar-refractivity contribution in [2.24, 2.45) is 0 Å². The maximum atomic E-state index is 11.9. The first-order valence-electron chi connectivity index (χ1n) is 6.15. The zero-order valence-corrected chi connectivity index (χ0v) is 10.5. The van der Waals surface area contributed by atoms with Crippen molar-refractivity contribution >= 4 is 5.95 Å². The van der Waals surface area contributed by atoms with E-state index < -0.39 is 0 Å². The van der Waals surface area contributed by atoms with Gasteiger partial charge in [-0.2, -0.15) is 0 Å². The molecule has 1 aliphatic rings. The molecule has 5 heteroatoms. The van der Waals surface area contributed by atoms with Gasteiger partial charge in [0.1, 0.15) is 0 Å². The second-order valence-corrected chi connectivity index (χ2v) is 4.30. The highest BCUT2D eigenvalue weighted by molar-refractivity contribution is 5.33. The summed E-state index contributed by atoms with van der Waals surface area (Å²) in [7, 11) is 0. The number of ether oxygens (including phenoxy) is 1. The van der Waals surface area contributed by atoms with Crippen molar-refractivity contribution < 1.29 is 4.74 Å². The molecule has 0 bridgehead atoms. The van der Waals surface area contributed by atoms with E-state index in [1.165, 1.54) is 0 Å². The summed E-state index contributed by atoms with van der Waals surface area (Å²) in [6.45, 7) is 6.93. The van der Waals surface area contributed by atoms with Crippen LogP contribution in [0, 0.1) is 6.92 Å². The lowest BCUT2D eigenvalue weighted by Gasteiger charge is -2.27. The van der Waals surface area contributed by atoms with E-state index in [9.17, 15) is 4.79 Å². The molecule has 1 N–H and O–H groups in total. The van der Waals surface area contributed by atoms with Crippen LogP contribution in [-0.4, -0.2) is 36.3 Å². The first-order chi connectivity index (χ1) is 8.22. The number of hydrogen-bond donors (Lipinski definition) is 1. The average Bonchev–Trinajstić information content (AvgIpc) is 2.35. The molecular weight excluding hydrogens is 218 g/mol. The number of aryl methyl sites for hydroxylation is 1. The van der Waals surface area contributed by atoms with E-state index in [1.807, 2.05) is 6.92 Å². The molecule has 94 valence electrons. The number of aromatic nitrogens is 2. The molecule has 2 heterocycles. The molecule has 1 fully saturated rings. The molecule has 5 nitrogen and oxygen atoms in total. The van der Waals surface area contributed by atoms with Crippen LogP contribution in [-0.2, 0) is 11.2 Å². The molecular formula is C12H19N3O2. The van der Waals surface area contributed by atoms with Gasteiger partial charge in [0.2, 0.25) is 5.95 Å². The quantitative estimate of drug-likeness (QED) is 0.847. The molecule has 0 atom stereocenters. The van der Waals surface area contributed by atoms with Crippen LogP contribution in [0.25, 0.3) is 0 Å². The standard InChI is InChI=1S/C12H19N3O2/c1-3-4-10-9(2)13-12(14-11(10)16)15-5-7-17-8-6-15/h3-8H2,1-2H3,(H,13,14,16). The van der Waals surface area contributed by atoms with Gasteiger partial charge in [0.15, 0.2) is 0 Å². The average molecular weight is 237 g/mol.